The molecule has 0 amide bonds. The zero-order valence-electron chi connectivity index (χ0n) is 13.3. The minimum Gasteiger partial charge on any atom is -0.486 e. The third-order valence-electron chi connectivity index (χ3n) is 3.58. The van der Waals surface area contributed by atoms with Crippen LogP contribution < -0.4 is 9.47 Å². The Labute approximate surface area is 138 Å². The van der Waals surface area contributed by atoms with Gasteiger partial charge in [-0.15, -0.1) is 0 Å². The Bertz CT molecular complexity index is 868. The first-order valence-corrected chi connectivity index (χ1v) is 7.41. The summed E-state index contributed by atoms with van der Waals surface area (Å²) in [7, 11) is 0. The van der Waals surface area contributed by atoms with Crippen molar-refractivity contribution in [2.24, 2.45) is 0 Å². The van der Waals surface area contributed by atoms with Crippen molar-refractivity contribution in [1.29, 1.82) is 0 Å². The first-order valence-electron chi connectivity index (χ1n) is 7.41. The second-order valence-electron chi connectivity index (χ2n) is 5.57. The number of halogens is 1. The molecule has 0 radical (unpaired) electrons. The summed E-state index contributed by atoms with van der Waals surface area (Å²) < 4.78 is 24.7. The molecular formula is C19H15FO4. The largest absolute Gasteiger partial charge is 0.486 e. The summed E-state index contributed by atoms with van der Waals surface area (Å²) in [5.74, 6) is 0.0122. The van der Waals surface area contributed by atoms with Gasteiger partial charge < -0.3 is 9.47 Å². The highest BCUT2D eigenvalue weighted by atomic mass is 19.1. The van der Waals surface area contributed by atoms with Crippen LogP contribution in [-0.4, -0.2) is 18.2 Å². The molecule has 0 atom stereocenters. The van der Waals surface area contributed by atoms with E-state index >= 15 is 0 Å². The van der Waals surface area contributed by atoms with E-state index in [0.717, 1.165) is 0 Å². The van der Waals surface area contributed by atoms with E-state index in [9.17, 15) is 14.0 Å². The third-order valence-corrected chi connectivity index (χ3v) is 3.58. The van der Waals surface area contributed by atoms with E-state index in [-0.39, 0.29) is 29.5 Å². The van der Waals surface area contributed by atoms with Crippen LogP contribution in [0.2, 0.25) is 0 Å². The number of hydrogen-bond acceptors (Lipinski definition) is 4. The molecule has 1 aliphatic heterocycles. The minimum atomic E-state index is -0.431. The Morgan fingerprint density at radius 2 is 2.04 bits per heavy atom. The zero-order valence-corrected chi connectivity index (χ0v) is 13.3. The van der Waals surface area contributed by atoms with E-state index in [0.29, 0.717) is 22.6 Å². The van der Waals surface area contributed by atoms with Gasteiger partial charge in [-0.25, -0.2) is 4.39 Å². The van der Waals surface area contributed by atoms with Gasteiger partial charge in [-0.1, -0.05) is 18.2 Å². The summed E-state index contributed by atoms with van der Waals surface area (Å²) in [6.07, 6.45) is 1.38. The predicted molar refractivity (Wildman–Crippen MR) is 86.7 cm³/mol. The average molecular weight is 326 g/mol. The summed E-state index contributed by atoms with van der Waals surface area (Å²) in [4.78, 5) is 23.5. The molecule has 5 heteroatoms. The lowest BCUT2D eigenvalue weighted by Crippen LogP contribution is -2.06. The number of ketones is 2. The van der Waals surface area contributed by atoms with Crippen molar-refractivity contribution in [3.05, 3.63) is 64.7 Å². The highest BCUT2D eigenvalue weighted by Crippen LogP contribution is 2.37. The van der Waals surface area contributed by atoms with Gasteiger partial charge in [0.05, 0.1) is 5.56 Å². The molecule has 4 nitrogen and oxygen atoms in total. The molecule has 0 bridgehead atoms. The van der Waals surface area contributed by atoms with E-state index in [1.165, 1.54) is 19.1 Å². The molecule has 2 aromatic rings. The minimum absolute atomic E-state index is 0.0515. The fraction of sp³-hybridized carbons (Fsp3) is 0.158. The van der Waals surface area contributed by atoms with Gasteiger partial charge >= 0.3 is 0 Å². The van der Waals surface area contributed by atoms with Gasteiger partial charge in [0, 0.05) is 11.6 Å². The number of hydrogen-bond donors (Lipinski definition) is 0. The monoisotopic (exact) mass is 326 g/mol. The Hall–Kier alpha value is -2.95. The van der Waals surface area contributed by atoms with E-state index in [1.54, 1.807) is 37.3 Å². The summed E-state index contributed by atoms with van der Waals surface area (Å²) in [5.41, 5.74) is 1.38. The quantitative estimate of drug-likeness (QED) is 0.804. The van der Waals surface area contributed by atoms with Gasteiger partial charge in [-0.2, -0.15) is 0 Å². The summed E-state index contributed by atoms with van der Waals surface area (Å²) in [6, 6.07) is 9.38. The second-order valence-corrected chi connectivity index (χ2v) is 5.57. The smallest absolute Gasteiger partial charge is 0.232 e. The molecule has 0 saturated heterocycles. The van der Waals surface area contributed by atoms with Crippen LogP contribution in [-0.2, 0) is 4.79 Å². The number of benzene rings is 2. The Kier molecular flexibility index (Phi) is 4.16. The van der Waals surface area contributed by atoms with E-state index < -0.39 is 5.82 Å². The van der Waals surface area contributed by atoms with Crippen molar-refractivity contribution in [2.45, 2.75) is 13.8 Å². The molecule has 0 spiro atoms. The maximum atomic E-state index is 13.8. The van der Waals surface area contributed by atoms with Crippen molar-refractivity contribution in [3.8, 4) is 11.5 Å². The molecule has 3 rings (SSSR count). The van der Waals surface area contributed by atoms with Gasteiger partial charge in [-0.3, -0.25) is 9.59 Å². The fourth-order valence-electron chi connectivity index (χ4n) is 2.48. The maximum absolute atomic E-state index is 13.8. The molecular weight excluding hydrogens is 311 g/mol. The lowest BCUT2D eigenvalue weighted by molar-refractivity contribution is -0.118. The summed E-state index contributed by atoms with van der Waals surface area (Å²) >= 11 is 0. The molecule has 2 aromatic carbocycles. The van der Waals surface area contributed by atoms with E-state index in [4.69, 9.17) is 9.47 Å². The second kappa shape index (κ2) is 6.28. The molecule has 0 aliphatic carbocycles. The zero-order chi connectivity index (χ0) is 17.3. The van der Waals surface area contributed by atoms with Gasteiger partial charge in [0.15, 0.2) is 11.5 Å². The van der Waals surface area contributed by atoms with Crippen LogP contribution >= 0.6 is 0 Å². The standard InChI is InChI=1S/C19H15FO4/c1-11-7-14(23-10-12(2)21)9-16-18(11)19(22)17(24-16)8-13-5-3-4-6-15(13)20/h3-9H,10H2,1-2H3/b17-8-. The number of allylic oxidation sites excluding steroid dienone is 1. The number of aryl methyl sites for hydroxylation is 1. The number of carbonyl (C=O) groups is 2. The number of ether oxygens (including phenoxy) is 2. The fourth-order valence-corrected chi connectivity index (χ4v) is 2.48. The SMILES string of the molecule is CC(=O)COc1cc(C)c2c(c1)O/C(=C\c1ccccc1F)C2=O. The normalized spacial score (nSPS) is 14.5. The van der Waals surface area contributed by atoms with Crippen LogP contribution in [0.4, 0.5) is 4.39 Å². The Balaban J connectivity index is 1.94. The maximum Gasteiger partial charge on any atom is 0.232 e. The van der Waals surface area contributed by atoms with E-state index in [1.807, 2.05) is 0 Å². The van der Waals surface area contributed by atoms with Gasteiger partial charge in [0.25, 0.3) is 0 Å². The van der Waals surface area contributed by atoms with Crippen LogP contribution in [0.1, 0.15) is 28.4 Å². The van der Waals surface area contributed by atoms with Gasteiger partial charge in [0.1, 0.15) is 23.9 Å². The molecule has 24 heavy (non-hydrogen) atoms. The van der Waals surface area contributed by atoms with Crippen LogP contribution in [0.5, 0.6) is 11.5 Å². The summed E-state index contributed by atoms with van der Waals surface area (Å²) in [5, 5.41) is 0. The number of Topliss-reactive ketones (excluding diaryl/α,β-unsaturated/α-hetero) is 2. The number of rotatable bonds is 4. The molecule has 1 aliphatic rings. The predicted octanol–water partition coefficient (Wildman–Crippen LogP) is 3.72. The van der Waals surface area contributed by atoms with Crippen molar-refractivity contribution in [1.82, 2.24) is 0 Å². The molecule has 1 heterocycles. The number of fused-ring (bicyclic) bond motifs is 1. The van der Waals surface area contributed by atoms with Crippen LogP contribution in [0.15, 0.2) is 42.2 Å². The Morgan fingerprint density at radius 3 is 2.75 bits per heavy atom. The topological polar surface area (TPSA) is 52.6 Å². The highest BCUT2D eigenvalue weighted by molar-refractivity contribution is 6.15. The van der Waals surface area contributed by atoms with Crippen LogP contribution in [0.3, 0.4) is 0 Å². The Morgan fingerprint density at radius 1 is 1.29 bits per heavy atom. The lowest BCUT2D eigenvalue weighted by atomic mass is 10.0. The molecule has 0 fully saturated rings. The summed E-state index contributed by atoms with van der Waals surface area (Å²) in [6.45, 7) is 3.13. The van der Waals surface area contributed by atoms with Crippen molar-refractivity contribution >= 4 is 17.6 Å². The van der Waals surface area contributed by atoms with Gasteiger partial charge in [-0.05, 0) is 37.6 Å². The first kappa shape index (κ1) is 15.9. The average Bonchev–Trinajstić information content (AvgIpc) is 2.84. The van der Waals surface area contributed by atoms with Gasteiger partial charge in [0.2, 0.25) is 5.78 Å². The lowest BCUT2D eigenvalue weighted by Gasteiger charge is -2.07. The first-order chi connectivity index (χ1) is 11.5. The molecule has 0 saturated carbocycles. The molecule has 0 N–H and O–H groups in total. The van der Waals surface area contributed by atoms with Crippen molar-refractivity contribution < 1.29 is 23.5 Å². The van der Waals surface area contributed by atoms with E-state index in [2.05, 4.69) is 0 Å². The molecule has 122 valence electrons. The molecule has 0 aromatic heterocycles. The number of carbonyl (C=O) groups excluding carboxylic acids is 2. The highest BCUT2D eigenvalue weighted by Gasteiger charge is 2.30. The van der Waals surface area contributed by atoms with Crippen molar-refractivity contribution in [3.63, 3.8) is 0 Å². The van der Waals surface area contributed by atoms with Crippen LogP contribution in [0, 0.1) is 12.7 Å². The molecule has 0 unspecified atom stereocenters. The van der Waals surface area contributed by atoms with Crippen LogP contribution in [0.25, 0.3) is 6.08 Å². The van der Waals surface area contributed by atoms with Crippen molar-refractivity contribution in [2.75, 3.05) is 6.61 Å². The third kappa shape index (κ3) is 3.06.